The van der Waals surface area contributed by atoms with Gasteiger partial charge in [-0.15, -0.1) is 0 Å². The first kappa shape index (κ1) is 9.60. The largest absolute Gasteiger partial charge is 0.381 e. The van der Waals surface area contributed by atoms with Crippen LogP contribution in [0.2, 0.25) is 0 Å². The van der Waals surface area contributed by atoms with E-state index in [9.17, 15) is 4.79 Å². The Bertz CT molecular complexity index is 523. The minimum absolute atomic E-state index is 0.0409. The fourth-order valence-electron chi connectivity index (χ4n) is 2.24. The third-order valence-corrected chi connectivity index (χ3v) is 3.16. The standard InChI is InChI=1S/C13H13NO2/c15-13(9-5-6-16-8-9)11-7-14-12-4-2-1-3-10(11)12/h1-4,7,9,14H,5-6,8H2. The van der Waals surface area contributed by atoms with E-state index in [1.165, 1.54) is 0 Å². The van der Waals surface area contributed by atoms with E-state index >= 15 is 0 Å². The quantitative estimate of drug-likeness (QED) is 0.781. The van der Waals surface area contributed by atoms with E-state index in [2.05, 4.69) is 4.98 Å². The summed E-state index contributed by atoms with van der Waals surface area (Å²) in [6.45, 7) is 1.27. The Morgan fingerprint density at radius 1 is 1.38 bits per heavy atom. The number of rotatable bonds is 2. The second-order valence-corrected chi connectivity index (χ2v) is 4.17. The van der Waals surface area contributed by atoms with Crippen LogP contribution in [0.3, 0.4) is 0 Å². The number of ether oxygens (including phenoxy) is 1. The number of ketones is 1. The molecule has 82 valence electrons. The number of carbonyl (C=O) groups is 1. The van der Waals surface area contributed by atoms with Crippen LogP contribution in [0.1, 0.15) is 16.8 Å². The van der Waals surface area contributed by atoms with Crippen molar-refractivity contribution in [3.63, 3.8) is 0 Å². The molecule has 1 aromatic carbocycles. The number of H-pyrrole nitrogens is 1. The SMILES string of the molecule is O=C(c1c[nH]c2ccccc12)C1CCOC1. The average molecular weight is 215 g/mol. The molecule has 3 heteroatoms. The number of fused-ring (bicyclic) bond motifs is 1. The molecular formula is C13H13NO2. The zero-order chi connectivity index (χ0) is 11.0. The van der Waals surface area contributed by atoms with Crippen molar-refractivity contribution < 1.29 is 9.53 Å². The van der Waals surface area contributed by atoms with Gasteiger partial charge in [-0.1, -0.05) is 18.2 Å². The van der Waals surface area contributed by atoms with E-state index in [0.29, 0.717) is 13.2 Å². The van der Waals surface area contributed by atoms with Gasteiger partial charge < -0.3 is 9.72 Å². The zero-order valence-corrected chi connectivity index (χ0v) is 8.90. The normalized spacial score (nSPS) is 20.4. The Kier molecular flexibility index (Phi) is 2.26. The number of hydrogen-bond acceptors (Lipinski definition) is 2. The number of para-hydroxylation sites is 1. The van der Waals surface area contributed by atoms with E-state index in [1.54, 1.807) is 0 Å². The van der Waals surface area contributed by atoms with Crippen LogP contribution in [0.5, 0.6) is 0 Å². The molecule has 1 N–H and O–H groups in total. The van der Waals surface area contributed by atoms with Gasteiger partial charge in [-0.05, 0) is 12.5 Å². The minimum Gasteiger partial charge on any atom is -0.381 e. The third-order valence-electron chi connectivity index (χ3n) is 3.16. The molecule has 1 aromatic heterocycles. The summed E-state index contributed by atoms with van der Waals surface area (Å²) < 4.78 is 5.26. The molecule has 1 atom stereocenters. The summed E-state index contributed by atoms with van der Waals surface area (Å²) in [5.41, 5.74) is 1.82. The van der Waals surface area contributed by atoms with Crippen molar-refractivity contribution >= 4 is 16.7 Å². The summed E-state index contributed by atoms with van der Waals surface area (Å²) in [6, 6.07) is 7.88. The van der Waals surface area contributed by atoms with Crippen LogP contribution in [-0.2, 0) is 4.74 Å². The number of Topliss-reactive ketones (excluding diaryl/α,β-unsaturated/α-hetero) is 1. The molecule has 0 aliphatic carbocycles. The molecular weight excluding hydrogens is 202 g/mol. The van der Waals surface area contributed by atoms with Crippen molar-refractivity contribution in [2.75, 3.05) is 13.2 Å². The maximum atomic E-state index is 12.2. The fourth-order valence-corrected chi connectivity index (χ4v) is 2.24. The molecule has 2 heterocycles. The van der Waals surface area contributed by atoms with Crippen molar-refractivity contribution in [1.29, 1.82) is 0 Å². The number of benzene rings is 1. The molecule has 0 spiro atoms. The molecule has 0 bridgehead atoms. The van der Waals surface area contributed by atoms with Crippen molar-refractivity contribution in [1.82, 2.24) is 4.98 Å². The molecule has 0 saturated carbocycles. The molecule has 1 aliphatic rings. The van der Waals surface area contributed by atoms with Gasteiger partial charge >= 0.3 is 0 Å². The molecule has 16 heavy (non-hydrogen) atoms. The van der Waals surface area contributed by atoms with Gasteiger partial charge in [0.2, 0.25) is 0 Å². The van der Waals surface area contributed by atoms with Crippen LogP contribution in [0.25, 0.3) is 10.9 Å². The van der Waals surface area contributed by atoms with Gasteiger partial charge in [0.15, 0.2) is 5.78 Å². The molecule has 0 radical (unpaired) electrons. The molecule has 1 unspecified atom stereocenters. The van der Waals surface area contributed by atoms with Crippen LogP contribution >= 0.6 is 0 Å². The van der Waals surface area contributed by atoms with Crippen LogP contribution in [0.15, 0.2) is 30.5 Å². The van der Waals surface area contributed by atoms with Crippen molar-refractivity contribution in [3.05, 3.63) is 36.0 Å². The lowest BCUT2D eigenvalue weighted by Crippen LogP contribution is -2.14. The summed E-state index contributed by atoms with van der Waals surface area (Å²) in [5.74, 6) is 0.245. The van der Waals surface area contributed by atoms with E-state index in [0.717, 1.165) is 22.9 Å². The van der Waals surface area contributed by atoms with Crippen molar-refractivity contribution in [3.8, 4) is 0 Å². The van der Waals surface area contributed by atoms with Crippen molar-refractivity contribution in [2.45, 2.75) is 6.42 Å². The van der Waals surface area contributed by atoms with Gasteiger partial charge in [-0.3, -0.25) is 4.79 Å². The number of carbonyl (C=O) groups excluding carboxylic acids is 1. The van der Waals surface area contributed by atoms with E-state index in [-0.39, 0.29) is 11.7 Å². The van der Waals surface area contributed by atoms with Crippen LogP contribution in [-0.4, -0.2) is 24.0 Å². The molecule has 1 saturated heterocycles. The monoisotopic (exact) mass is 215 g/mol. The first-order chi connectivity index (χ1) is 7.86. The number of aromatic nitrogens is 1. The smallest absolute Gasteiger partial charge is 0.170 e. The fraction of sp³-hybridized carbons (Fsp3) is 0.308. The predicted molar refractivity (Wildman–Crippen MR) is 61.6 cm³/mol. The summed E-state index contributed by atoms with van der Waals surface area (Å²) in [7, 11) is 0. The Balaban J connectivity index is 2.02. The summed E-state index contributed by atoms with van der Waals surface area (Å²) in [4.78, 5) is 15.4. The Morgan fingerprint density at radius 2 is 2.25 bits per heavy atom. The highest BCUT2D eigenvalue weighted by atomic mass is 16.5. The second kappa shape index (κ2) is 3.76. The lowest BCUT2D eigenvalue weighted by molar-refractivity contribution is 0.0902. The summed E-state index contributed by atoms with van der Waals surface area (Å²) >= 11 is 0. The Morgan fingerprint density at radius 3 is 3.06 bits per heavy atom. The molecule has 0 amide bonds. The molecule has 3 nitrogen and oxygen atoms in total. The maximum Gasteiger partial charge on any atom is 0.170 e. The number of aromatic amines is 1. The molecule has 3 rings (SSSR count). The van der Waals surface area contributed by atoms with E-state index < -0.39 is 0 Å². The van der Waals surface area contributed by atoms with Gasteiger partial charge in [0.05, 0.1) is 6.61 Å². The topological polar surface area (TPSA) is 42.1 Å². The lowest BCUT2D eigenvalue weighted by Gasteiger charge is -2.04. The Labute approximate surface area is 93.4 Å². The Hall–Kier alpha value is -1.61. The van der Waals surface area contributed by atoms with Gasteiger partial charge in [-0.2, -0.15) is 0 Å². The zero-order valence-electron chi connectivity index (χ0n) is 8.90. The first-order valence-electron chi connectivity index (χ1n) is 5.54. The van der Waals surface area contributed by atoms with Crippen LogP contribution < -0.4 is 0 Å². The maximum absolute atomic E-state index is 12.2. The van der Waals surface area contributed by atoms with Crippen LogP contribution in [0, 0.1) is 5.92 Å². The van der Waals surface area contributed by atoms with E-state index in [4.69, 9.17) is 4.74 Å². The van der Waals surface area contributed by atoms with Gasteiger partial charge in [0, 0.05) is 35.2 Å². The average Bonchev–Trinajstić information content (AvgIpc) is 2.98. The highest BCUT2D eigenvalue weighted by molar-refractivity contribution is 6.08. The van der Waals surface area contributed by atoms with Gasteiger partial charge in [-0.25, -0.2) is 0 Å². The minimum atomic E-state index is 0.0409. The van der Waals surface area contributed by atoms with Gasteiger partial charge in [0.1, 0.15) is 0 Å². The molecule has 1 aliphatic heterocycles. The molecule has 1 fully saturated rings. The highest BCUT2D eigenvalue weighted by Gasteiger charge is 2.26. The first-order valence-corrected chi connectivity index (χ1v) is 5.54. The number of nitrogens with one attached hydrogen (secondary N) is 1. The summed E-state index contributed by atoms with van der Waals surface area (Å²) in [6.07, 6.45) is 2.66. The third kappa shape index (κ3) is 1.44. The summed E-state index contributed by atoms with van der Waals surface area (Å²) in [5, 5.41) is 1.01. The van der Waals surface area contributed by atoms with E-state index in [1.807, 2.05) is 30.5 Å². The molecule has 2 aromatic rings. The second-order valence-electron chi connectivity index (χ2n) is 4.17. The van der Waals surface area contributed by atoms with Crippen molar-refractivity contribution in [2.24, 2.45) is 5.92 Å². The highest BCUT2D eigenvalue weighted by Crippen LogP contribution is 2.24. The van der Waals surface area contributed by atoms with Gasteiger partial charge in [0.25, 0.3) is 0 Å². The lowest BCUT2D eigenvalue weighted by atomic mass is 9.97. The predicted octanol–water partition coefficient (Wildman–Crippen LogP) is 2.39. The number of hydrogen-bond donors (Lipinski definition) is 1. The van der Waals surface area contributed by atoms with Crippen LogP contribution in [0.4, 0.5) is 0 Å².